The Kier molecular flexibility index (Phi) is 6.88. The van der Waals surface area contributed by atoms with E-state index in [-0.39, 0.29) is 24.0 Å². The Bertz CT molecular complexity index is 834. The molecular weight excluding hydrogens is 354 g/mol. The van der Waals surface area contributed by atoms with Gasteiger partial charge < -0.3 is 14.2 Å². The molecular formula is C19H25NO5S. The maximum atomic E-state index is 12.5. The molecule has 0 aromatic heterocycles. The molecule has 0 bridgehead atoms. The van der Waals surface area contributed by atoms with Crippen LogP contribution in [0.3, 0.4) is 0 Å². The van der Waals surface area contributed by atoms with Gasteiger partial charge in [-0.2, -0.15) is 0 Å². The van der Waals surface area contributed by atoms with Gasteiger partial charge in [0, 0.05) is 6.54 Å². The van der Waals surface area contributed by atoms with Gasteiger partial charge in [0.1, 0.15) is 12.4 Å². The van der Waals surface area contributed by atoms with Crippen LogP contribution in [0.1, 0.15) is 25.3 Å². The highest BCUT2D eigenvalue weighted by Gasteiger charge is 2.17. The number of hydrogen-bond donors (Lipinski definition) is 1. The predicted molar refractivity (Wildman–Crippen MR) is 101 cm³/mol. The summed E-state index contributed by atoms with van der Waals surface area (Å²) in [5, 5.41) is 0. The zero-order valence-corrected chi connectivity index (χ0v) is 16.3. The predicted octanol–water partition coefficient (Wildman–Crippen LogP) is 3.18. The number of sulfonamides is 1. The third kappa shape index (κ3) is 4.89. The Balaban J connectivity index is 2.02. The second-order valence-corrected chi connectivity index (χ2v) is 7.72. The molecule has 0 aliphatic carbocycles. The third-order valence-corrected chi connectivity index (χ3v) is 5.31. The Morgan fingerprint density at radius 3 is 2.23 bits per heavy atom. The van der Waals surface area contributed by atoms with E-state index in [4.69, 9.17) is 14.2 Å². The molecule has 0 fully saturated rings. The normalized spacial score (nSPS) is 11.4. The van der Waals surface area contributed by atoms with Crippen molar-refractivity contribution >= 4 is 10.0 Å². The van der Waals surface area contributed by atoms with Gasteiger partial charge in [0.2, 0.25) is 10.0 Å². The monoisotopic (exact) mass is 379 g/mol. The lowest BCUT2D eigenvalue weighted by Gasteiger charge is -2.14. The van der Waals surface area contributed by atoms with Gasteiger partial charge >= 0.3 is 0 Å². The number of methoxy groups -OCH3 is 2. The van der Waals surface area contributed by atoms with Crippen LogP contribution in [0.5, 0.6) is 17.2 Å². The van der Waals surface area contributed by atoms with Crippen molar-refractivity contribution in [3.05, 3.63) is 48.0 Å². The van der Waals surface area contributed by atoms with Gasteiger partial charge in [-0.3, -0.25) is 0 Å². The minimum absolute atomic E-state index is 0.142. The minimum atomic E-state index is -3.63. The van der Waals surface area contributed by atoms with E-state index in [0.29, 0.717) is 17.2 Å². The largest absolute Gasteiger partial charge is 0.496 e. The van der Waals surface area contributed by atoms with E-state index in [9.17, 15) is 8.42 Å². The number of para-hydroxylation sites is 2. The summed E-state index contributed by atoms with van der Waals surface area (Å²) in [6, 6.07) is 12.1. The highest BCUT2D eigenvalue weighted by atomic mass is 32.2. The molecule has 1 N–H and O–H groups in total. The second kappa shape index (κ2) is 8.91. The fraction of sp³-hybridized carbons (Fsp3) is 0.368. The van der Waals surface area contributed by atoms with E-state index in [0.717, 1.165) is 5.56 Å². The number of ether oxygens (including phenoxy) is 3. The molecule has 7 heteroatoms. The Morgan fingerprint density at radius 2 is 1.62 bits per heavy atom. The summed E-state index contributed by atoms with van der Waals surface area (Å²) in [5.74, 6) is 2.00. The van der Waals surface area contributed by atoms with Crippen LogP contribution in [-0.2, 0) is 10.0 Å². The molecule has 0 aliphatic heterocycles. The molecule has 0 saturated carbocycles. The molecule has 0 amide bonds. The SMILES string of the molecule is COc1ccccc1OCCNS(=O)(=O)c1ccc(OC)c(C(C)C)c1. The average molecular weight is 379 g/mol. The first-order valence-corrected chi connectivity index (χ1v) is 9.80. The van der Waals surface area contributed by atoms with E-state index >= 15 is 0 Å². The maximum absolute atomic E-state index is 12.5. The summed E-state index contributed by atoms with van der Waals surface area (Å²) < 4.78 is 43.6. The van der Waals surface area contributed by atoms with Crippen LogP contribution in [0.2, 0.25) is 0 Å². The van der Waals surface area contributed by atoms with Crippen LogP contribution >= 0.6 is 0 Å². The minimum Gasteiger partial charge on any atom is -0.496 e. The first-order chi connectivity index (χ1) is 12.4. The second-order valence-electron chi connectivity index (χ2n) is 5.96. The van der Waals surface area contributed by atoms with Crippen LogP contribution in [0.15, 0.2) is 47.4 Å². The van der Waals surface area contributed by atoms with Gasteiger partial charge in [0.15, 0.2) is 11.5 Å². The lowest BCUT2D eigenvalue weighted by atomic mass is 10.0. The highest BCUT2D eigenvalue weighted by Crippen LogP contribution is 2.29. The van der Waals surface area contributed by atoms with E-state index in [1.165, 1.54) is 6.07 Å². The van der Waals surface area contributed by atoms with Crippen LogP contribution in [-0.4, -0.2) is 35.8 Å². The molecule has 0 heterocycles. The van der Waals surface area contributed by atoms with Crippen LogP contribution in [0.4, 0.5) is 0 Å². The molecule has 0 aliphatic rings. The van der Waals surface area contributed by atoms with E-state index in [1.54, 1.807) is 38.5 Å². The van der Waals surface area contributed by atoms with Crippen LogP contribution in [0, 0.1) is 0 Å². The molecule has 2 rings (SSSR count). The average Bonchev–Trinajstić information content (AvgIpc) is 2.64. The van der Waals surface area contributed by atoms with Gasteiger partial charge in [0.05, 0.1) is 19.1 Å². The molecule has 0 unspecified atom stereocenters. The van der Waals surface area contributed by atoms with Crippen molar-refractivity contribution < 1.29 is 22.6 Å². The molecule has 2 aromatic carbocycles. The first kappa shape index (κ1) is 20.1. The molecule has 142 valence electrons. The number of rotatable bonds is 9. The van der Waals surface area contributed by atoms with Crippen molar-refractivity contribution in [2.75, 3.05) is 27.4 Å². The molecule has 0 saturated heterocycles. The highest BCUT2D eigenvalue weighted by molar-refractivity contribution is 7.89. The molecule has 6 nitrogen and oxygen atoms in total. The summed E-state index contributed by atoms with van der Waals surface area (Å²) in [7, 11) is -0.500. The molecule has 0 radical (unpaired) electrons. The summed E-state index contributed by atoms with van der Waals surface area (Å²) in [6.07, 6.45) is 0. The summed E-state index contributed by atoms with van der Waals surface area (Å²) in [4.78, 5) is 0.208. The van der Waals surface area contributed by atoms with E-state index < -0.39 is 10.0 Å². The fourth-order valence-corrected chi connectivity index (χ4v) is 3.54. The Labute approximate surface area is 155 Å². The van der Waals surface area contributed by atoms with Crippen molar-refractivity contribution in [3.63, 3.8) is 0 Å². The molecule has 26 heavy (non-hydrogen) atoms. The number of hydrogen-bond acceptors (Lipinski definition) is 5. The quantitative estimate of drug-likeness (QED) is 0.678. The zero-order chi connectivity index (χ0) is 19.2. The van der Waals surface area contributed by atoms with Crippen molar-refractivity contribution in [3.8, 4) is 17.2 Å². The zero-order valence-electron chi connectivity index (χ0n) is 15.5. The summed E-state index contributed by atoms with van der Waals surface area (Å²) >= 11 is 0. The van der Waals surface area contributed by atoms with Crippen LogP contribution in [0.25, 0.3) is 0 Å². The van der Waals surface area contributed by atoms with Gasteiger partial charge in [-0.05, 0) is 41.8 Å². The maximum Gasteiger partial charge on any atom is 0.240 e. The van der Waals surface area contributed by atoms with Gasteiger partial charge in [-0.1, -0.05) is 26.0 Å². The summed E-state index contributed by atoms with van der Waals surface area (Å²) in [5.41, 5.74) is 0.848. The molecule has 0 spiro atoms. The van der Waals surface area contributed by atoms with Crippen LogP contribution < -0.4 is 18.9 Å². The van der Waals surface area contributed by atoms with Crippen molar-refractivity contribution in [2.24, 2.45) is 0 Å². The Hall–Kier alpha value is -2.25. The smallest absolute Gasteiger partial charge is 0.240 e. The standard InChI is InChI=1S/C19H25NO5S/c1-14(2)16-13-15(9-10-17(16)23-3)26(21,22)20-11-12-25-19-8-6-5-7-18(19)24-4/h5-10,13-14,20H,11-12H2,1-4H3. The lowest BCUT2D eigenvalue weighted by molar-refractivity contribution is 0.298. The van der Waals surface area contributed by atoms with E-state index in [2.05, 4.69) is 4.72 Å². The third-order valence-electron chi connectivity index (χ3n) is 3.85. The molecule has 2 aromatic rings. The van der Waals surface area contributed by atoms with Crippen molar-refractivity contribution in [2.45, 2.75) is 24.7 Å². The Morgan fingerprint density at radius 1 is 0.962 bits per heavy atom. The van der Waals surface area contributed by atoms with Crippen molar-refractivity contribution in [1.29, 1.82) is 0 Å². The van der Waals surface area contributed by atoms with E-state index in [1.807, 2.05) is 26.0 Å². The fourth-order valence-electron chi connectivity index (χ4n) is 2.49. The van der Waals surface area contributed by atoms with Gasteiger partial charge in [0.25, 0.3) is 0 Å². The molecule has 0 atom stereocenters. The summed E-state index contributed by atoms with van der Waals surface area (Å²) in [6.45, 7) is 4.31. The van der Waals surface area contributed by atoms with Gasteiger partial charge in [-0.25, -0.2) is 13.1 Å². The van der Waals surface area contributed by atoms with Crippen molar-refractivity contribution in [1.82, 2.24) is 4.72 Å². The number of benzene rings is 2. The number of nitrogens with one attached hydrogen (secondary N) is 1. The first-order valence-electron chi connectivity index (χ1n) is 8.32. The lowest BCUT2D eigenvalue weighted by Crippen LogP contribution is -2.28. The van der Waals surface area contributed by atoms with Gasteiger partial charge in [-0.15, -0.1) is 0 Å². The topological polar surface area (TPSA) is 73.9 Å².